The number of aromatic nitrogens is 2. The second kappa shape index (κ2) is 4.69. The molecule has 0 spiro atoms. The summed E-state index contributed by atoms with van der Waals surface area (Å²) >= 11 is 0. The number of fused-ring (bicyclic) bond motifs is 3. The van der Waals surface area contributed by atoms with E-state index >= 15 is 0 Å². The number of hydrogen-bond acceptors (Lipinski definition) is 5. The Balaban J connectivity index is 2.24. The number of nitrogens with one attached hydrogen (secondary N) is 2. The fourth-order valence-corrected chi connectivity index (χ4v) is 2.95. The maximum absolute atomic E-state index is 12.7. The van der Waals surface area contributed by atoms with Crippen LogP contribution in [0.5, 0.6) is 0 Å². The average molecular weight is 320 g/mol. The normalized spacial score (nSPS) is 11.3. The molecule has 0 aliphatic carbocycles. The van der Waals surface area contributed by atoms with Crippen LogP contribution in [0, 0.1) is 0 Å². The van der Waals surface area contributed by atoms with Crippen LogP contribution in [-0.4, -0.2) is 15.8 Å². The van der Waals surface area contributed by atoms with Crippen LogP contribution in [0.15, 0.2) is 55.6 Å². The lowest BCUT2D eigenvalue weighted by Gasteiger charge is -2.03. The van der Waals surface area contributed by atoms with Crippen LogP contribution in [0.1, 0.15) is 15.9 Å². The van der Waals surface area contributed by atoms with Crippen molar-refractivity contribution in [3.8, 4) is 0 Å². The zero-order chi connectivity index (χ0) is 17.0. The number of rotatable bonds is 2. The molecule has 0 fully saturated rings. The summed E-state index contributed by atoms with van der Waals surface area (Å²) in [5.41, 5.74) is -2.79. The van der Waals surface area contributed by atoms with E-state index < -0.39 is 28.0 Å². The molecule has 7 nitrogen and oxygen atoms in total. The molecular formula is C17H8N2O5. The molecular weight excluding hydrogens is 312 g/mol. The summed E-state index contributed by atoms with van der Waals surface area (Å²) in [6.07, 6.45) is 0. The number of carbonyl (C=O) groups is 1. The van der Waals surface area contributed by atoms with Gasteiger partial charge in [-0.3, -0.25) is 33.9 Å². The Labute approximate surface area is 131 Å². The van der Waals surface area contributed by atoms with Gasteiger partial charge in [-0.1, -0.05) is 30.3 Å². The number of H-pyrrole nitrogens is 2. The second-order valence-electron chi connectivity index (χ2n) is 5.36. The lowest BCUT2D eigenvalue weighted by molar-refractivity contribution is 0.104. The van der Waals surface area contributed by atoms with E-state index in [4.69, 9.17) is 0 Å². The van der Waals surface area contributed by atoms with Gasteiger partial charge in [0.25, 0.3) is 22.2 Å². The Morgan fingerprint density at radius 3 is 2.00 bits per heavy atom. The molecule has 0 bridgehead atoms. The van der Waals surface area contributed by atoms with Gasteiger partial charge in [0.15, 0.2) is 5.78 Å². The molecule has 0 amide bonds. The van der Waals surface area contributed by atoms with Crippen molar-refractivity contribution in [2.24, 2.45) is 0 Å². The Bertz CT molecular complexity index is 1340. The molecule has 2 N–H and O–H groups in total. The maximum Gasteiger partial charge on any atom is 0.259 e. The minimum atomic E-state index is -0.793. The summed E-state index contributed by atoms with van der Waals surface area (Å²) in [6, 6.07) is 9.35. The van der Waals surface area contributed by atoms with Gasteiger partial charge < -0.3 is 0 Å². The van der Waals surface area contributed by atoms with E-state index in [-0.39, 0.29) is 27.1 Å². The summed E-state index contributed by atoms with van der Waals surface area (Å²) in [4.78, 5) is 64.9. The van der Waals surface area contributed by atoms with Crippen molar-refractivity contribution in [3.05, 3.63) is 88.9 Å². The molecule has 4 rings (SSSR count). The predicted octanol–water partition coefficient (Wildman–Crippen LogP) is 0.197. The molecule has 0 radical (unpaired) electrons. The Morgan fingerprint density at radius 2 is 1.29 bits per heavy atom. The Hall–Kier alpha value is -3.61. The summed E-state index contributed by atoms with van der Waals surface area (Å²) in [5.74, 6) is -0.508. The summed E-state index contributed by atoms with van der Waals surface area (Å²) in [6.45, 7) is 0. The van der Waals surface area contributed by atoms with Crippen molar-refractivity contribution in [2.75, 3.05) is 0 Å². The van der Waals surface area contributed by atoms with E-state index in [9.17, 15) is 24.0 Å². The average Bonchev–Trinajstić information content (AvgIpc) is 3.03. The van der Waals surface area contributed by atoms with Crippen LogP contribution in [0.3, 0.4) is 0 Å². The number of carbonyl (C=O) groups excluding carboxylic acids is 1. The van der Waals surface area contributed by atoms with Crippen LogP contribution in [0.4, 0.5) is 0 Å². The largest absolute Gasteiger partial charge is 0.289 e. The van der Waals surface area contributed by atoms with Crippen LogP contribution in [0.25, 0.3) is 21.5 Å². The van der Waals surface area contributed by atoms with Crippen molar-refractivity contribution in [3.63, 3.8) is 0 Å². The van der Waals surface area contributed by atoms with E-state index in [0.717, 1.165) is 0 Å². The highest BCUT2D eigenvalue weighted by Gasteiger charge is 2.23. The van der Waals surface area contributed by atoms with Crippen molar-refractivity contribution < 1.29 is 4.79 Å². The molecule has 0 atom stereocenters. The quantitative estimate of drug-likeness (QED) is 0.512. The molecule has 0 aliphatic rings. The zero-order valence-corrected chi connectivity index (χ0v) is 12.0. The van der Waals surface area contributed by atoms with Gasteiger partial charge in [-0.25, -0.2) is 0 Å². The Kier molecular flexibility index (Phi) is 2.74. The predicted molar refractivity (Wildman–Crippen MR) is 87.5 cm³/mol. The molecule has 2 heterocycles. The number of aromatic amines is 2. The fourth-order valence-electron chi connectivity index (χ4n) is 2.95. The van der Waals surface area contributed by atoms with Gasteiger partial charge in [0.2, 0.25) is 0 Å². The van der Waals surface area contributed by atoms with E-state index in [1.54, 1.807) is 30.3 Å². The SMILES string of the molecule is O=C(c1ccccc1)c1cc2c(=O)[nH]c(=O)c2c2c(=O)[nH]c(=O)c12. The van der Waals surface area contributed by atoms with Crippen LogP contribution >= 0.6 is 0 Å². The van der Waals surface area contributed by atoms with Gasteiger partial charge in [0, 0.05) is 11.1 Å². The van der Waals surface area contributed by atoms with Gasteiger partial charge in [0.05, 0.1) is 21.5 Å². The third-order valence-electron chi connectivity index (χ3n) is 3.99. The smallest absolute Gasteiger partial charge is 0.259 e. The number of ketones is 1. The van der Waals surface area contributed by atoms with E-state index in [0.29, 0.717) is 5.56 Å². The second-order valence-corrected chi connectivity index (χ2v) is 5.36. The summed E-state index contributed by atoms with van der Waals surface area (Å²) in [7, 11) is 0. The highest BCUT2D eigenvalue weighted by atomic mass is 16.2. The lowest BCUT2D eigenvalue weighted by Crippen LogP contribution is -2.09. The summed E-state index contributed by atoms with van der Waals surface area (Å²) in [5, 5.41) is -0.636. The first-order chi connectivity index (χ1) is 11.5. The molecule has 2 aromatic carbocycles. The molecule has 2 aromatic heterocycles. The summed E-state index contributed by atoms with van der Waals surface area (Å²) < 4.78 is 0. The van der Waals surface area contributed by atoms with Crippen molar-refractivity contribution in [1.29, 1.82) is 0 Å². The van der Waals surface area contributed by atoms with Gasteiger partial charge in [0.1, 0.15) is 0 Å². The number of hydrogen-bond donors (Lipinski definition) is 2. The van der Waals surface area contributed by atoms with Crippen LogP contribution in [-0.2, 0) is 0 Å². The van der Waals surface area contributed by atoms with E-state index in [1.165, 1.54) is 6.07 Å². The molecule has 24 heavy (non-hydrogen) atoms. The highest BCUT2D eigenvalue weighted by Crippen LogP contribution is 2.22. The minimum Gasteiger partial charge on any atom is -0.289 e. The fraction of sp³-hybridized carbons (Fsp3) is 0. The monoisotopic (exact) mass is 320 g/mol. The van der Waals surface area contributed by atoms with Crippen molar-refractivity contribution >= 4 is 27.3 Å². The third-order valence-corrected chi connectivity index (χ3v) is 3.99. The molecule has 0 aliphatic heterocycles. The van der Waals surface area contributed by atoms with Crippen molar-refractivity contribution in [1.82, 2.24) is 9.97 Å². The Morgan fingerprint density at radius 1 is 0.708 bits per heavy atom. The lowest BCUT2D eigenvalue weighted by atomic mass is 9.96. The van der Waals surface area contributed by atoms with E-state index in [2.05, 4.69) is 9.97 Å². The van der Waals surface area contributed by atoms with E-state index in [1.807, 2.05) is 0 Å². The molecule has 0 saturated carbocycles. The molecule has 4 aromatic rings. The van der Waals surface area contributed by atoms with Crippen LogP contribution in [0.2, 0.25) is 0 Å². The maximum atomic E-state index is 12.7. The first kappa shape index (κ1) is 14.0. The standard InChI is InChI=1S/C17H8N2O5/c20-13(7-4-2-1-3-5-7)8-6-9-11(16(23)18-14(9)21)12-10(8)15(22)19-17(12)24/h1-6H,(H,18,21,23)(H,19,22,24). The number of benzene rings is 2. The first-order valence-electron chi connectivity index (χ1n) is 7.01. The van der Waals surface area contributed by atoms with Gasteiger partial charge >= 0.3 is 0 Å². The molecule has 0 unspecified atom stereocenters. The van der Waals surface area contributed by atoms with Crippen LogP contribution < -0.4 is 22.2 Å². The molecule has 116 valence electrons. The van der Waals surface area contributed by atoms with Gasteiger partial charge in [-0.15, -0.1) is 0 Å². The van der Waals surface area contributed by atoms with Gasteiger partial charge in [-0.2, -0.15) is 0 Å². The zero-order valence-electron chi connectivity index (χ0n) is 12.0. The topological polar surface area (TPSA) is 117 Å². The van der Waals surface area contributed by atoms with Crippen molar-refractivity contribution in [2.45, 2.75) is 0 Å². The third kappa shape index (κ3) is 1.75. The highest BCUT2D eigenvalue weighted by molar-refractivity contribution is 6.21. The first-order valence-corrected chi connectivity index (χ1v) is 7.01. The molecule has 0 saturated heterocycles. The molecule has 7 heteroatoms. The van der Waals surface area contributed by atoms with Gasteiger partial charge in [-0.05, 0) is 6.07 Å². The minimum absolute atomic E-state index is 0.0804.